The van der Waals surface area contributed by atoms with Gasteiger partial charge in [0.1, 0.15) is 23.9 Å². The minimum absolute atomic E-state index is 0.183. The van der Waals surface area contributed by atoms with E-state index in [1.54, 1.807) is 48.5 Å². The van der Waals surface area contributed by atoms with E-state index in [2.05, 4.69) is 5.32 Å². The van der Waals surface area contributed by atoms with Gasteiger partial charge >= 0.3 is 0 Å². The highest BCUT2D eigenvalue weighted by Crippen LogP contribution is 2.23. The lowest BCUT2D eigenvalue weighted by Gasteiger charge is -2.12. The van der Waals surface area contributed by atoms with Crippen LogP contribution in [0.5, 0.6) is 17.2 Å². The monoisotopic (exact) mass is 404 g/mol. The van der Waals surface area contributed by atoms with Gasteiger partial charge in [-0.2, -0.15) is 0 Å². The summed E-state index contributed by atoms with van der Waals surface area (Å²) in [6.45, 7) is 4.78. The van der Waals surface area contributed by atoms with E-state index in [0.717, 1.165) is 16.9 Å². The maximum atomic E-state index is 12.3. The summed E-state index contributed by atoms with van der Waals surface area (Å²) in [6.07, 6.45) is 0. The van der Waals surface area contributed by atoms with Crippen LogP contribution in [-0.2, 0) is 0 Å². The molecule has 2 amide bonds. The van der Waals surface area contributed by atoms with E-state index in [-0.39, 0.29) is 5.91 Å². The Hall–Kier alpha value is -3.80. The van der Waals surface area contributed by atoms with Gasteiger partial charge < -0.3 is 20.5 Å². The average Bonchev–Trinajstić information content (AvgIpc) is 2.73. The molecule has 0 saturated heterocycles. The van der Waals surface area contributed by atoms with Crippen LogP contribution in [0.15, 0.2) is 66.7 Å². The smallest absolute Gasteiger partial charge is 0.251 e. The molecule has 3 rings (SSSR count). The molecule has 0 atom stereocenters. The summed E-state index contributed by atoms with van der Waals surface area (Å²) in [5, 5.41) is 2.85. The number of nitrogens with one attached hydrogen (secondary N) is 1. The summed E-state index contributed by atoms with van der Waals surface area (Å²) in [5.41, 5.74) is 8.30. The second kappa shape index (κ2) is 9.60. The highest BCUT2D eigenvalue weighted by molar-refractivity contribution is 5.94. The molecule has 0 fully saturated rings. The van der Waals surface area contributed by atoms with Crippen LogP contribution in [0.25, 0.3) is 0 Å². The first-order valence-corrected chi connectivity index (χ1v) is 9.59. The van der Waals surface area contributed by atoms with Gasteiger partial charge in [-0.15, -0.1) is 0 Å². The first kappa shape index (κ1) is 20.9. The third-order valence-corrected chi connectivity index (χ3v) is 4.53. The van der Waals surface area contributed by atoms with Crippen molar-refractivity contribution in [1.82, 2.24) is 5.32 Å². The second-order valence-corrected chi connectivity index (χ2v) is 6.84. The van der Waals surface area contributed by atoms with E-state index in [9.17, 15) is 9.59 Å². The number of hydrogen-bond donors (Lipinski definition) is 2. The molecule has 0 bridgehead atoms. The molecule has 0 aliphatic carbocycles. The van der Waals surface area contributed by atoms with Crippen molar-refractivity contribution >= 4 is 11.8 Å². The molecule has 0 radical (unpaired) electrons. The summed E-state index contributed by atoms with van der Waals surface area (Å²) in [4.78, 5) is 23.4. The maximum absolute atomic E-state index is 12.3. The van der Waals surface area contributed by atoms with E-state index in [1.165, 1.54) is 0 Å². The molecule has 0 heterocycles. The zero-order valence-corrected chi connectivity index (χ0v) is 17.0. The van der Waals surface area contributed by atoms with E-state index in [1.807, 2.05) is 32.0 Å². The van der Waals surface area contributed by atoms with Crippen LogP contribution < -0.4 is 20.5 Å². The SMILES string of the molecule is Cc1cccc(C)c1OCCNC(=O)c1ccc(Oc2ccc(C(N)=O)cc2)cc1. The predicted molar refractivity (Wildman–Crippen MR) is 115 cm³/mol. The maximum Gasteiger partial charge on any atom is 0.251 e. The Kier molecular flexibility index (Phi) is 6.70. The number of carbonyl (C=O) groups is 2. The second-order valence-electron chi connectivity index (χ2n) is 6.84. The molecule has 0 spiro atoms. The first-order chi connectivity index (χ1) is 14.4. The number of hydrogen-bond acceptors (Lipinski definition) is 4. The quantitative estimate of drug-likeness (QED) is 0.555. The molecule has 0 unspecified atom stereocenters. The van der Waals surface area contributed by atoms with Gasteiger partial charge in [-0.3, -0.25) is 9.59 Å². The molecule has 30 heavy (non-hydrogen) atoms. The molecule has 3 aromatic rings. The van der Waals surface area contributed by atoms with Gasteiger partial charge in [-0.25, -0.2) is 0 Å². The number of nitrogens with two attached hydrogens (primary N) is 1. The molecular formula is C24H24N2O4. The van der Waals surface area contributed by atoms with Crippen LogP contribution in [0.2, 0.25) is 0 Å². The minimum Gasteiger partial charge on any atom is -0.491 e. The molecule has 6 nitrogen and oxygen atoms in total. The molecule has 0 saturated carbocycles. The van der Waals surface area contributed by atoms with Gasteiger partial charge in [-0.05, 0) is 73.5 Å². The number of para-hydroxylation sites is 1. The fourth-order valence-corrected chi connectivity index (χ4v) is 2.94. The van der Waals surface area contributed by atoms with Gasteiger partial charge in [0, 0.05) is 11.1 Å². The summed E-state index contributed by atoms with van der Waals surface area (Å²) in [7, 11) is 0. The fraction of sp³-hybridized carbons (Fsp3) is 0.167. The van der Waals surface area contributed by atoms with Gasteiger partial charge in [0.2, 0.25) is 5.91 Å². The van der Waals surface area contributed by atoms with Crippen molar-refractivity contribution in [3.05, 3.63) is 89.0 Å². The van der Waals surface area contributed by atoms with Crippen molar-refractivity contribution in [1.29, 1.82) is 0 Å². The average molecular weight is 404 g/mol. The van der Waals surface area contributed by atoms with Crippen LogP contribution in [0.3, 0.4) is 0 Å². The lowest BCUT2D eigenvalue weighted by atomic mass is 10.1. The van der Waals surface area contributed by atoms with Crippen LogP contribution in [-0.4, -0.2) is 25.0 Å². The normalized spacial score (nSPS) is 10.3. The van der Waals surface area contributed by atoms with Crippen molar-refractivity contribution in [2.75, 3.05) is 13.2 Å². The van der Waals surface area contributed by atoms with E-state index < -0.39 is 5.91 Å². The van der Waals surface area contributed by atoms with E-state index >= 15 is 0 Å². The zero-order valence-electron chi connectivity index (χ0n) is 17.0. The first-order valence-electron chi connectivity index (χ1n) is 9.59. The minimum atomic E-state index is -0.489. The summed E-state index contributed by atoms with van der Waals surface area (Å²) in [5.74, 6) is 1.34. The van der Waals surface area contributed by atoms with Crippen molar-refractivity contribution in [2.24, 2.45) is 5.73 Å². The number of ether oxygens (including phenoxy) is 2. The topological polar surface area (TPSA) is 90.7 Å². The van der Waals surface area contributed by atoms with Gasteiger partial charge in [0.15, 0.2) is 0 Å². The molecule has 6 heteroatoms. The number of amides is 2. The zero-order chi connectivity index (χ0) is 21.5. The molecule has 154 valence electrons. The third kappa shape index (κ3) is 5.38. The summed E-state index contributed by atoms with van der Waals surface area (Å²) in [6, 6.07) is 19.3. The number of rotatable bonds is 8. The molecule has 3 aromatic carbocycles. The Morgan fingerprint density at radius 1 is 0.833 bits per heavy atom. The van der Waals surface area contributed by atoms with Crippen LogP contribution in [0, 0.1) is 13.8 Å². The number of aryl methyl sites for hydroxylation is 2. The number of primary amides is 1. The molecule has 0 aromatic heterocycles. The predicted octanol–water partition coefficient (Wildman–Crippen LogP) is 4.00. The van der Waals surface area contributed by atoms with Crippen LogP contribution >= 0.6 is 0 Å². The molecule has 0 aliphatic rings. The Labute approximate surface area is 175 Å². The number of benzene rings is 3. The molecule has 3 N–H and O–H groups in total. The van der Waals surface area contributed by atoms with Crippen molar-refractivity contribution in [2.45, 2.75) is 13.8 Å². The van der Waals surface area contributed by atoms with Crippen molar-refractivity contribution in [3.63, 3.8) is 0 Å². The molecule has 0 aliphatic heterocycles. The van der Waals surface area contributed by atoms with Crippen molar-refractivity contribution < 1.29 is 19.1 Å². The highest BCUT2D eigenvalue weighted by Gasteiger charge is 2.07. The largest absolute Gasteiger partial charge is 0.491 e. The number of carbonyl (C=O) groups excluding carboxylic acids is 2. The Morgan fingerprint density at radius 3 is 1.90 bits per heavy atom. The fourth-order valence-electron chi connectivity index (χ4n) is 2.94. The Bertz CT molecular complexity index is 1010. The highest BCUT2D eigenvalue weighted by atomic mass is 16.5. The Balaban J connectivity index is 1.49. The third-order valence-electron chi connectivity index (χ3n) is 4.53. The van der Waals surface area contributed by atoms with E-state index in [4.69, 9.17) is 15.2 Å². The lowest BCUT2D eigenvalue weighted by Crippen LogP contribution is -2.28. The summed E-state index contributed by atoms with van der Waals surface area (Å²) >= 11 is 0. The van der Waals surface area contributed by atoms with Gasteiger partial charge in [0.25, 0.3) is 5.91 Å². The summed E-state index contributed by atoms with van der Waals surface area (Å²) < 4.78 is 11.5. The van der Waals surface area contributed by atoms with Crippen LogP contribution in [0.1, 0.15) is 31.8 Å². The van der Waals surface area contributed by atoms with E-state index in [0.29, 0.717) is 35.8 Å². The standard InChI is InChI=1S/C24H24N2O4/c1-16-4-3-5-17(2)22(16)29-15-14-26-24(28)19-8-12-21(13-9-19)30-20-10-6-18(7-11-20)23(25)27/h3-13H,14-15H2,1-2H3,(H2,25,27)(H,26,28). The molecular weight excluding hydrogens is 380 g/mol. The van der Waals surface area contributed by atoms with Crippen LogP contribution in [0.4, 0.5) is 0 Å². The van der Waals surface area contributed by atoms with Crippen molar-refractivity contribution in [3.8, 4) is 17.2 Å². The van der Waals surface area contributed by atoms with Gasteiger partial charge in [-0.1, -0.05) is 18.2 Å². The lowest BCUT2D eigenvalue weighted by molar-refractivity contribution is 0.0945. The van der Waals surface area contributed by atoms with Gasteiger partial charge in [0.05, 0.1) is 6.54 Å². The Morgan fingerprint density at radius 2 is 1.37 bits per heavy atom.